The Hall–Kier alpha value is -2.15. The van der Waals surface area contributed by atoms with Crippen molar-refractivity contribution in [2.75, 3.05) is 0 Å². The van der Waals surface area contributed by atoms with Gasteiger partial charge in [-0.1, -0.05) is 30.8 Å². The first-order valence-electron chi connectivity index (χ1n) is 6.28. The Morgan fingerprint density at radius 1 is 1.20 bits per heavy atom. The van der Waals surface area contributed by atoms with Gasteiger partial charge in [-0.3, -0.25) is 9.78 Å². The molecule has 0 bridgehead atoms. The molecule has 0 fully saturated rings. The summed E-state index contributed by atoms with van der Waals surface area (Å²) in [6.45, 7) is 1.88. The first-order chi connectivity index (χ1) is 9.76. The lowest BCUT2D eigenvalue weighted by Crippen LogP contribution is -2.16. The van der Waals surface area contributed by atoms with E-state index in [1.165, 1.54) is 11.8 Å². The Bertz CT molecular complexity index is 762. The summed E-state index contributed by atoms with van der Waals surface area (Å²) in [5.41, 5.74) is 2.22. The summed E-state index contributed by atoms with van der Waals surface area (Å²) >= 11 is 1.40. The number of benzene rings is 1. The molecule has 0 aliphatic rings. The lowest BCUT2D eigenvalue weighted by Gasteiger charge is -1.98. The fraction of sp³-hybridized carbons (Fsp3) is 0.231. The molecule has 20 heavy (non-hydrogen) atoms. The fourth-order valence-corrected chi connectivity index (χ4v) is 2.53. The van der Waals surface area contributed by atoms with Crippen LogP contribution in [-0.4, -0.2) is 25.1 Å². The standard InChI is InChI=1S/C13H13N5OS/c1-2-8-12(19)16-13(18-17-8)20-7-11-14-9-5-3-4-6-10(9)15-11/h3-6H,2,7H2,1H3,(H,14,15)(H,16,18,19). The Morgan fingerprint density at radius 3 is 2.80 bits per heavy atom. The quantitative estimate of drug-likeness (QED) is 0.716. The Balaban J connectivity index is 1.75. The number of imidazole rings is 1. The molecular weight excluding hydrogens is 274 g/mol. The van der Waals surface area contributed by atoms with Gasteiger partial charge in [-0.25, -0.2) is 4.98 Å². The molecule has 0 radical (unpaired) electrons. The number of nitrogens with one attached hydrogen (secondary N) is 2. The zero-order chi connectivity index (χ0) is 13.9. The van der Waals surface area contributed by atoms with Crippen molar-refractivity contribution in [2.24, 2.45) is 0 Å². The minimum atomic E-state index is -0.172. The summed E-state index contributed by atoms with van der Waals surface area (Å²) in [5, 5.41) is 8.41. The van der Waals surface area contributed by atoms with E-state index in [4.69, 9.17) is 0 Å². The van der Waals surface area contributed by atoms with E-state index in [0.717, 1.165) is 16.9 Å². The largest absolute Gasteiger partial charge is 0.341 e. The summed E-state index contributed by atoms with van der Waals surface area (Å²) in [7, 11) is 0. The van der Waals surface area contributed by atoms with Crippen LogP contribution < -0.4 is 5.56 Å². The number of nitrogens with zero attached hydrogens (tertiary/aromatic N) is 3. The highest BCUT2D eigenvalue weighted by molar-refractivity contribution is 7.98. The van der Waals surface area contributed by atoms with E-state index in [0.29, 0.717) is 23.0 Å². The summed E-state index contributed by atoms with van der Waals surface area (Å²) in [6.07, 6.45) is 0.580. The van der Waals surface area contributed by atoms with E-state index in [-0.39, 0.29) is 5.56 Å². The van der Waals surface area contributed by atoms with Gasteiger partial charge in [0.2, 0.25) is 0 Å². The molecule has 2 heterocycles. The van der Waals surface area contributed by atoms with Crippen LogP contribution in [0.3, 0.4) is 0 Å². The topological polar surface area (TPSA) is 87.3 Å². The Labute approximate surface area is 119 Å². The van der Waals surface area contributed by atoms with Gasteiger partial charge in [0.15, 0.2) is 5.16 Å². The molecule has 7 heteroatoms. The molecule has 0 aliphatic heterocycles. The van der Waals surface area contributed by atoms with Gasteiger partial charge in [0.25, 0.3) is 5.56 Å². The number of aromatic amines is 2. The Kier molecular flexibility index (Phi) is 3.51. The van der Waals surface area contributed by atoms with Gasteiger partial charge in [0, 0.05) is 0 Å². The number of hydrogen-bond acceptors (Lipinski definition) is 5. The van der Waals surface area contributed by atoms with Crippen LogP contribution in [0.5, 0.6) is 0 Å². The maximum atomic E-state index is 11.6. The minimum Gasteiger partial charge on any atom is -0.341 e. The molecule has 102 valence electrons. The van der Waals surface area contributed by atoms with Gasteiger partial charge in [0.05, 0.1) is 16.8 Å². The van der Waals surface area contributed by atoms with Crippen LogP contribution >= 0.6 is 11.8 Å². The lowest BCUT2D eigenvalue weighted by molar-refractivity contribution is 0.765. The minimum absolute atomic E-state index is 0.172. The van der Waals surface area contributed by atoms with Crippen molar-refractivity contribution in [2.45, 2.75) is 24.3 Å². The number of thioether (sulfide) groups is 1. The summed E-state index contributed by atoms with van der Waals surface area (Å²) in [4.78, 5) is 22.0. The number of rotatable bonds is 4. The second kappa shape index (κ2) is 5.46. The van der Waals surface area contributed by atoms with Gasteiger partial charge >= 0.3 is 0 Å². The third kappa shape index (κ3) is 2.57. The predicted molar refractivity (Wildman–Crippen MR) is 77.7 cm³/mol. The summed E-state index contributed by atoms with van der Waals surface area (Å²) < 4.78 is 0. The van der Waals surface area contributed by atoms with Crippen LogP contribution in [0.2, 0.25) is 0 Å². The van der Waals surface area contributed by atoms with Crippen LogP contribution in [0.4, 0.5) is 0 Å². The molecule has 2 N–H and O–H groups in total. The van der Waals surface area contributed by atoms with E-state index in [9.17, 15) is 4.79 Å². The maximum Gasteiger partial charge on any atom is 0.273 e. The van der Waals surface area contributed by atoms with Crippen molar-refractivity contribution in [3.8, 4) is 0 Å². The average molecular weight is 287 g/mol. The van der Waals surface area contributed by atoms with Gasteiger partial charge in [-0.15, -0.1) is 10.2 Å². The van der Waals surface area contributed by atoms with Crippen molar-refractivity contribution < 1.29 is 0 Å². The van der Waals surface area contributed by atoms with Gasteiger partial charge in [0.1, 0.15) is 11.5 Å². The van der Waals surface area contributed by atoms with E-state index >= 15 is 0 Å². The molecule has 2 aromatic heterocycles. The monoisotopic (exact) mass is 287 g/mol. The third-order valence-corrected chi connectivity index (χ3v) is 3.74. The third-order valence-electron chi connectivity index (χ3n) is 2.86. The second-order valence-electron chi connectivity index (χ2n) is 4.25. The molecule has 0 saturated heterocycles. The van der Waals surface area contributed by atoms with Crippen molar-refractivity contribution in [1.82, 2.24) is 25.1 Å². The van der Waals surface area contributed by atoms with Gasteiger partial charge < -0.3 is 4.98 Å². The van der Waals surface area contributed by atoms with Crippen LogP contribution in [-0.2, 0) is 12.2 Å². The number of hydrogen-bond donors (Lipinski definition) is 2. The highest BCUT2D eigenvalue weighted by atomic mass is 32.2. The molecular formula is C13H13N5OS. The van der Waals surface area contributed by atoms with E-state index < -0.39 is 0 Å². The Morgan fingerprint density at radius 2 is 2.05 bits per heavy atom. The molecule has 3 rings (SSSR count). The van der Waals surface area contributed by atoms with Crippen molar-refractivity contribution in [1.29, 1.82) is 0 Å². The summed E-state index contributed by atoms with van der Waals surface area (Å²) in [6, 6.07) is 7.85. The number of fused-ring (bicyclic) bond motifs is 1. The van der Waals surface area contributed by atoms with Crippen LogP contribution in [0.1, 0.15) is 18.4 Å². The van der Waals surface area contributed by atoms with Crippen LogP contribution in [0.25, 0.3) is 11.0 Å². The zero-order valence-electron chi connectivity index (χ0n) is 10.9. The highest BCUT2D eigenvalue weighted by Gasteiger charge is 2.06. The lowest BCUT2D eigenvalue weighted by atomic mass is 10.3. The van der Waals surface area contributed by atoms with E-state index in [2.05, 4.69) is 25.1 Å². The fourth-order valence-electron chi connectivity index (χ4n) is 1.85. The van der Waals surface area contributed by atoms with E-state index in [1.807, 2.05) is 31.2 Å². The predicted octanol–water partition coefficient (Wildman–Crippen LogP) is 1.90. The van der Waals surface area contributed by atoms with Crippen molar-refractivity contribution in [3.05, 3.63) is 46.1 Å². The molecule has 0 spiro atoms. The normalized spacial score (nSPS) is 11.1. The molecule has 0 unspecified atom stereocenters. The van der Waals surface area contributed by atoms with Crippen molar-refractivity contribution in [3.63, 3.8) is 0 Å². The number of para-hydroxylation sites is 2. The molecule has 0 aliphatic carbocycles. The first-order valence-corrected chi connectivity index (χ1v) is 7.27. The molecule has 1 aromatic carbocycles. The SMILES string of the molecule is CCc1nnc(SCc2nc3ccccc3[nH]2)[nH]c1=O. The molecule has 0 amide bonds. The van der Waals surface area contributed by atoms with Crippen molar-refractivity contribution >= 4 is 22.8 Å². The van der Waals surface area contributed by atoms with Gasteiger partial charge in [-0.2, -0.15) is 0 Å². The van der Waals surface area contributed by atoms with E-state index in [1.54, 1.807) is 0 Å². The zero-order valence-corrected chi connectivity index (χ0v) is 11.7. The maximum absolute atomic E-state index is 11.6. The summed E-state index contributed by atoms with van der Waals surface area (Å²) in [5.74, 6) is 1.45. The molecule has 6 nitrogen and oxygen atoms in total. The second-order valence-corrected chi connectivity index (χ2v) is 5.21. The first kappa shape index (κ1) is 12.9. The van der Waals surface area contributed by atoms with Crippen LogP contribution in [0.15, 0.2) is 34.2 Å². The molecule has 0 saturated carbocycles. The van der Waals surface area contributed by atoms with Crippen LogP contribution in [0, 0.1) is 0 Å². The smallest absolute Gasteiger partial charge is 0.273 e. The molecule has 0 atom stereocenters. The number of aryl methyl sites for hydroxylation is 1. The highest BCUT2D eigenvalue weighted by Crippen LogP contribution is 2.18. The number of aromatic nitrogens is 5. The van der Waals surface area contributed by atoms with Gasteiger partial charge in [-0.05, 0) is 18.6 Å². The molecule has 3 aromatic rings. The number of H-pyrrole nitrogens is 2. The average Bonchev–Trinajstić information content (AvgIpc) is 2.88.